The van der Waals surface area contributed by atoms with Gasteiger partial charge in [-0.1, -0.05) is 56.3 Å². The predicted molar refractivity (Wildman–Crippen MR) is 158 cm³/mol. The topological polar surface area (TPSA) is 169 Å². The molecule has 11 heteroatoms. The van der Waals surface area contributed by atoms with Crippen LogP contribution in [0.4, 0.5) is 4.79 Å². The number of primary amides is 1. The molecular weight excluding hydrogens is 540 g/mol. The number of carbonyl (C=O) groups is 4. The fourth-order valence-corrected chi connectivity index (χ4v) is 4.02. The van der Waals surface area contributed by atoms with E-state index < -0.39 is 53.6 Å². The summed E-state index contributed by atoms with van der Waals surface area (Å²) in [6.07, 6.45) is -1.70. The number of nitrogens with two attached hydrogens (primary N) is 1. The van der Waals surface area contributed by atoms with Crippen LogP contribution >= 0.6 is 0 Å². The standard InChI is InChI=1S/C31H44N4O7/c1-19(2)16-24(34-30(40)42-31(4,5)6)28(38)33-25(29(39)35-26(20(3)36)27(32)37)17-21-12-14-23(15-13-21)41-18-22-10-8-7-9-11-22/h7-15,19-20,24-26,36H,16-18H2,1-6H3,(H2,32,37)(H,33,38)(H,34,40)(H,35,39)/t20-,24+,25-,26-/m1/s1. The van der Waals surface area contributed by atoms with Crippen molar-refractivity contribution < 1.29 is 33.8 Å². The second kappa shape index (κ2) is 15.8. The van der Waals surface area contributed by atoms with Crippen molar-refractivity contribution in [3.05, 3.63) is 65.7 Å². The lowest BCUT2D eigenvalue weighted by Crippen LogP contribution is -2.59. The molecule has 0 aliphatic heterocycles. The highest BCUT2D eigenvalue weighted by Gasteiger charge is 2.32. The van der Waals surface area contributed by atoms with Gasteiger partial charge in [0.2, 0.25) is 17.7 Å². The Morgan fingerprint density at radius 1 is 0.833 bits per heavy atom. The maximum absolute atomic E-state index is 13.4. The molecule has 0 saturated heterocycles. The number of amides is 4. The highest BCUT2D eigenvalue weighted by Crippen LogP contribution is 2.16. The second-order valence-corrected chi connectivity index (χ2v) is 11.6. The van der Waals surface area contributed by atoms with Crippen LogP contribution in [0.3, 0.4) is 0 Å². The van der Waals surface area contributed by atoms with Gasteiger partial charge in [-0.3, -0.25) is 14.4 Å². The normalized spacial score (nSPS) is 14.2. The van der Waals surface area contributed by atoms with Crippen molar-refractivity contribution in [3.63, 3.8) is 0 Å². The van der Waals surface area contributed by atoms with E-state index >= 15 is 0 Å². The maximum atomic E-state index is 13.4. The monoisotopic (exact) mass is 584 g/mol. The molecule has 0 radical (unpaired) electrons. The highest BCUT2D eigenvalue weighted by molar-refractivity contribution is 5.94. The quantitative estimate of drug-likeness (QED) is 0.227. The lowest BCUT2D eigenvalue weighted by atomic mass is 10.0. The molecule has 0 bridgehead atoms. The van der Waals surface area contributed by atoms with Gasteiger partial charge in [-0.2, -0.15) is 0 Å². The first-order valence-electron chi connectivity index (χ1n) is 14.0. The van der Waals surface area contributed by atoms with Crippen LogP contribution in [0.15, 0.2) is 54.6 Å². The minimum Gasteiger partial charge on any atom is -0.489 e. The Bertz CT molecular complexity index is 1180. The van der Waals surface area contributed by atoms with Crippen molar-refractivity contribution in [2.24, 2.45) is 11.7 Å². The van der Waals surface area contributed by atoms with Crippen LogP contribution in [0, 0.1) is 5.92 Å². The Morgan fingerprint density at radius 2 is 1.43 bits per heavy atom. The molecule has 0 unspecified atom stereocenters. The van der Waals surface area contributed by atoms with Gasteiger partial charge in [0.1, 0.15) is 36.1 Å². The largest absolute Gasteiger partial charge is 0.489 e. The van der Waals surface area contributed by atoms with E-state index in [4.69, 9.17) is 15.2 Å². The van der Waals surface area contributed by atoms with E-state index in [1.165, 1.54) is 6.92 Å². The van der Waals surface area contributed by atoms with Gasteiger partial charge in [0.05, 0.1) is 6.10 Å². The average Bonchev–Trinajstić information content (AvgIpc) is 2.89. The lowest BCUT2D eigenvalue weighted by Gasteiger charge is -2.27. The number of hydrogen-bond acceptors (Lipinski definition) is 7. The molecule has 0 saturated carbocycles. The maximum Gasteiger partial charge on any atom is 0.408 e. The number of hydrogen-bond donors (Lipinski definition) is 5. The SMILES string of the molecule is CC(C)C[C@H](NC(=O)OC(C)(C)C)C(=O)N[C@H](Cc1ccc(OCc2ccccc2)cc1)C(=O)N[C@@H](C(N)=O)[C@@H](C)O. The molecule has 0 aromatic heterocycles. The lowest BCUT2D eigenvalue weighted by molar-refractivity contribution is -0.133. The number of nitrogens with one attached hydrogen (secondary N) is 3. The predicted octanol–water partition coefficient (Wildman–Crippen LogP) is 2.58. The third-order valence-electron chi connectivity index (χ3n) is 6.05. The molecule has 0 aliphatic rings. The van der Waals surface area contributed by atoms with Crippen molar-refractivity contribution >= 4 is 23.8 Å². The third kappa shape index (κ3) is 12.2. The molecule has 4 atom stereocenters. The van der Waals surface area contributed by atoms with Gasteiger partial charge in [0.25, 0.3) is 0 Å². The number of benzene rings is 2. The number of aliphatic hydroxyl groups is 1. The molecule has 11 nitrogen and oxygen atoms in total. The number of rotatable bonds is 14. The summed E-state index contributed by atoms with van der Waals surface area (Å²) < 4.78 is 11.1. The molecule has 0 fully saturated rings. The van der Waals surface area contributed by atoms with Gasteiger partial charge in [-0.15, -0.1) is 0 Å². The number of carbonyl (C=O) groups excluding carboxylic acids is 4. The molecule has 42 heavy (non-hydrogen) atoms. The molecule has 2 aromatic carbocycles. The van der Waals surface area contributed by atoms with E-state index in [2.05, 4.69) is 16.0 Å². The molecule has 0 heterocycles. The van der Waals surface area contributed by atoms with Gasteiger partial charge in [-0.25, -0.2) is 4.79 Å². The fourth-order valence-electron chi connectivity index (χ4n) is 4.02. The summed E-state index contributed by atoms with van der Waals surface area (Å²) in [5.74, 6) is -1.61. The summed E-state index contributed by atoms with van der Waals surface area (Å²) in [5, 5.41) is 17.7. The zero-order valence-electron chi connectivity index (χ0n) is 25.2. The first kappa shape index (κ1) is 34.1. The summed E-state index contributed by atoms with van der Waals surface area (Å²) in [5.41, 5.74) is 6.29. The molecule has 0 spiro atoms. The van der Waals surface area contributed by atoms with Gasteiger partial charge < -0.3 is 36.3 Å². The molecule has 2 aromatic rings. The van der Waals surface area contributed by atoms with Gasteiger partial charge in [0, 0.05) is 6.42 Å². The Balaban J connectivity index is 2.23. The fraction of sp³-hybridized carbons (Fsp3) is 0.484. The summed E-state index contributed by atoms with van der Waals surface area (Å²) in [4.78, 5) is 51.0. The Hall–Kier alpha value is -4.12. The van der Waals surface area contributed by atoms with Crippen molar-refractivity contribution in [3.8, 4) is 5.75 Å². The molecule has 230 valence electrons. The molecule has 4 amide bonds. The van der Waals surface area contributed by atoms with Crippen LogP contribution in [0.5, 0.6) is 5.75 Å². The summed E-state index contributed by atoms with van der Waals surface area (Å²) in [6.45, 7) is 10.6. The van der Waals surface area contributed by atoms with E-state index in [1.807, 2.05) is 44.2 Å². The van der Waals surface area contributed by atoms with Crippen LogP contribution in [-0.4, -0.2) is 58.8 Å². The van der Waals surface area contributed by atoms with Gasteiger partial charge in [0.15, 0.2) is 0 Å². The second-order valence-electron chi connectivity index (χ2n) is 11.6. The number of alkyl carbamates (subject to hydrolysis) is 1. The minimum atomic E-state index is -1.36. The van der Waals surface area contributed by atoms with Crippen LogP contribution in [0.25, 0.3) is 0 Å². The van der Waals surface area contributed by atoms with E-state index in [9.17, 15) is 24.3 Å². The van der Waals surface area contributed by atoms with E-state index in [0.29, 0.717) is 17.9 Å². The smallest absolute Gasteiger partial charge is 0.408 e. The van der Waals surface area contributed by atoms with Crippen molar-refractivity contribution in [1.29, 1.82) is 0 Å². The summed E-state index contributed by atoms with van der Waals surface area (Å²) in [7, 11) is 0. The van der Waals surface area contributed by atoms with Crippen molar-refractivity contribution in [1.82, 2.24) is 16.0 Å². The Labute approximate surface area is 247 Å². The van der Waals surface area contributed by atoms with Crippen molar-refractivity contribution in [2.45, 2.75) is 90.8 Å². The zero-order chi connectivity index (χ0) is 31.4. The van der Waals surface area contributed by atoms with Crippen LogP contribution in [0.2, 0.25) is 0 Å². The van der Waals surface area contributed by atoms with Crippen LogP contribution in [0.1, 0.15) is 59.1 Å². The Kier molecular flexibility index (Phi) is 12.8. The first-order chi connectivity index (χ1) is 19.6. The Morgan fingerprint density at radius 3 is 1.95 bits per heavy atom. The zero-order valence-corrected chi connectivity index (χ0v) is 25.2. The number of aliphatic hydroxyl groups excluding tert-OH is 1. The molecular formula is C31H44N4O7. The highest BCUT2D eigenvalue weighted by atomic mass is 16.6. The minimum absolute atomic E-state index is 0.0286. The molecule has 0 aliphatic carbocycles. The van der Waals surface area contributed by atoms with Crippen molar-refractivity contribution in [2.75, 3.05) is 0 Å². The van der Waals surface area contributed by atoms with Crippen LogP contribution < -0.4 is 26.4 Å². The number of ether oxygens (including phenoxy) is 2. The van der Waals surface area contributed by atoms with Gasteiger partial charge >= 0.3 is 6.09 Å². The van der Waals surface area contributed by atoms with E-state index in [1.54, 1.807) is 45.0 Å². The first-order valence-corrected chi connectivity index (χ1v) is 14.0. The molecule has 2 rings (SSSR count). The van der Waals surface area contributed by atoms with E-state index in [0.717, 1.165) is 5.56 Å². The average molecular weight is 585 g/mol. The molecule has 6 N–H and O–H groups in total. The summed E-state index contributed by atoms with van der Waals surface area (Å²) >= 11 is 0. The van der Waals surface area contributed by atoms with Gasteiger partial charge in [-0.05, 0) is 63.3 Å². The summed E-state index contributed by atoms with van der Waals surface area (Å²) in [6, 6.07) is 13.2. The van der Waals surface area contributed by atoms with Crippen LogP contribution in [-0.2, 0) is 32.1 Å². The van der Waals surface area contributed by atoms with E-state index in [-0.39, 0.29) is 18.8 Å². The third-order valence-corrected chi connectivity index (χ3v) is 6.05.